The van der Waals surface area contributed by atoms with E-state index in [1.165, 1.54) is 32.2 Å². The quantitative estimate of drug-likeness (QED) is 0.118. The van der Waals surface area contributed by atoms with Gasteiger partial charge in [0.15, 0.2) is 17.5 Å². The molecule has 1 aromatic heterocycles. The van der Waals surface area contributed by atoms with E-state index in [4.69, 9.17) is 33.2 Å². The van der Waals surface area contributed by atoms with Crippen LogP contribution < -0.4 is 5.32 Å². The molecular weight excluding hydrogens is 825 g/mol. The summed E-state index contributed by atoms with van der Waals surface area (Å²) < 4.78 is 44.3. The standard InChI is InChI=1S/C49H56N2O13/c1-8-35-61-37-36-28(2)33(60-43(54)47(7,56)39(32-21-15-16-24-50-32)51-44(55)58-26-30-17-11-9-12-18-30)25-49(57,45(36,4)5)41(63-42(53)31-19-13-10-14-20-31)38-46(6,40(37)62-35)23-22-34-48(38,27-59-34)64-29(3)52/h8-21,24,33-35,37-41,56-57H,1,22-23,25-27H2,2-7H3,(H,51,55)/t33-,34+,35+,37+,38-,39-,40+,41-,46+,47+,48-,49+/m0/s1. The average Bonchev–Trinajstić information content (AvgIpc) is 3.70. The van der Waals surface area contributed by atoms with Crippen LogP contribution in [-0.4, -0.2) is 99.4 Å². The normalized spacial score (nSPS) is 33.7. The Labute approximate surface area is 372 Å². The van der Waals surface area contributed by atoms with Crippen LogP contribution in [0.5, 0.6) is 0 Å². The first kappa shape index (κ1) is 45.1. The lowest BCUT2D eigenvalue weighted by Gasteiger charge is -2.68. The highest BCUT2D eigenvalue weighted by Crippen LogP contribution is 2.66. The maximum atomic E-state index is 14.7. The number of aromatic nitrogens is 1. The Balaban J connectivity index is 1.23. The number of fused-ring (bicyclic) bond motifs is 8. The number of amides is 1. The second-order valence-corrected chi connectivity index (χ2v) is 18.6. The van der Waals surface area contributed by atoms with Crippen LogP contribution in [0.1, 0.15) is 88.5 Å². The highest BCUT2D eigenvalue weighted by Gasteiger charge is 2.77. The van der Waals surface area contributed by atoms with E-state index in [1.807, 2.05) is 26.8 Å². The van der Waals surface area contributed by atoms with Crippen LogP contribution in [0.15, 0.2) is 109 Å². The van der Waals surface area contributed by atoms with E-state index in [1.54, 1.807) is 73.7 Å². The van der Waals surface area contributed by atoms with E-state index < -0.39 is 100 Å². The van der Waals surface area contributed by atoms with Gasteiger partial charge in [-0.05, 0) is 73.7 Å². The number of pyridine rings is 1. The lowest BCUT2D eigenvalue weighted by molar-refractivity contribution is -0.345. The smallest absolute Gasteiger partial charge is 0.408 e. The number of carbonyl (C=O) groups excluding carboxylic acids is 4. The fraction of sp³-hybridized carbons (Fsp3) is 0.490. The van der Waals surface area contributed by atoms with Crippen LogP contribution in [0.2, 0.25) is 0 Å². The van der Waals surface area contributed by atoms with Gasteiger partial charge in [-0.2, -0.15) is 0 Å². The summed E-state index contributed by atoms with van der Waals surface area (Å²) in [6.07, 6.45) is -3.30. The molecule has 1 amide bonds. The van der Waals surface area contributed by atoms with Crippen molar-refractivity contribution in [3.8, 4) is 0 Å². The molecule has 3 aliphatic carbocycles. The molecule has 4 fully saturated rings. The van der Waals surface area contributed by atoms with Crippen molar-refractivity contribution in [3.05, 3.63) is 126 Å². The summed E-state index contributed by atoms with van der Waals surface area (Å²) in [5, 5.41) is 28.8. The third kappa shape index (κ3) is 7.50. The molecule has 0 unspecified atom stereocenters. The number of hydrogen-bond acceptors (Lipinski definition) is 14. The van der Waals surface area contributed by atoms with Gasteiger partial charge in [-0.1, -0.05) is 81.9 Å². The van der Waals surface area contributed by atoms with Crippen LogP contribution >= 0.6 is 0 Å². The number of rotatable bonds is 11. The fourth-order valence-electron chi connectivity index (χ4n) is 11.1. The van der Waals surface area contributed by atoms with Crippen LogP contribution in [0.3, 0.4) is 0 Å². The lowest BCUT2D eigenvalue weighted by Crippen LogP contribution is -2.79. The molecule has 3 heterocycles. The molecule has 0 spiro atoms. The van der Waals surface area contributed by atoms with Crippen LogP contribution in [0, 0.1) is 16.7 Å². The predicted octanol–water partition coefficient (Wildman–Crippen LogP) is 5.84. The predicted molar refractivity (Wildman–Crippen MR) is 228 cm³/mol. The minimum Gasteiger partial charge on any atom is -0.456 e. The lowest BCUT2D eigenvalue weighted by atomic mass is 9.45. The van der Waals surface area contributed by atoms with E-state index in [0.29, 0.717) is 24.0 Å². The number of alkyl carbamates (subject to hydrolysis) is 1. The Morgan fingerprint density at radius 2 is 1.69 bits per heavy atom. The minimum absolute atomic E-state index is 0.0464. The molecule has 15 nitrogen and oxygen atoms in total. The molecule has 2 bridgehead atoms. The number of carbonyl (C=O) groups is 4. The first-order valence-corrected chi connectivity index (χ1v) is 21.6. The Morgan fingerprint density at radius 1 is 1.00 bits per heavy atom. The number of ether oxygens (including phenoxy) is 7. The van der Waals surface area contributed by atoms with Gasteiger partial charge in [-0.15, -0.1) is 0 Å². The number of nitrogens with zero attached hydrogens (tertiary/aromatic N) is 1. The zero-order valence-corrected chi connectivity index (χ0v) is 36.9. The zero-order chi connectivity index (χ0) is 45.8. The van der Waals surface area contributed by atoms with Crippen molar-refractivity contribution in [2.24, 2.45) is 16.7 Å². The molecule has 12 atom stereocenters. The molecule has 64 heavy (non-hydrogen) atoms. The Kier molecular flexibility index (Phi) is 11.9. The van der Waals surface area contributed by atoms with Gasteiger partial charge in [0.2, 0.25) is 0 Å². The van der Waals surface area contributed by atoms with Crippen molar-refractivity contribution in [1.29, 1.82) is 0 Å². The van der Waals surface area contributed by atoms with Crippen molar-refractivity contribution in [2.75, 3.05) is 6.61 Å². The van der Waals surface area contributed by atoms with Gasteiger partial charge in [0.1, 0.15) is 42.7 Å². The highest BCUT2D eigenvalue weighted by molar-refractivity contribution is 5.89. The van der Waals surface area contributed by atoms with Crippen LogP contribution in [0.25, 0.3) is 0 Å². The number of esters is 3. The van der Waals surface area contributed by atoms with Crippen LogP contribution in [0.4, 0.5) is 4.79 Å². The third-order valence-electron chi connectivity index (χ3n) is 14.4. The summed E-state index contributed by atoms with van der Waals surface area (Å²) in [5.41, 5.74) is -6.16. The third-order valence-corrected chi connectivity index (χ3v) is 14.4. The molecule has 2 aliphatic heterocycles. The van der Waals surface area contributed by atoms with E-state index >= 15 is 0 Å². The molecule has 2 saturated heterocycles. The summed E-state index contributed by atoms with van der Waals surface area (Å²) in [4.78, 5) is 59.9. The molecule has 2 aromatic carbocycles. The van der Waals surface area contributed by atoms with E-state index in [9.17, 15) is 29.4 Å². The summed E-state index contributed by atoms with van der Waals surface area (Å²) in [6.45, 7) is 13.7. The largest absolute Gasteiger partial charge is 0.456 e. The molecule has 5 aliphatic rings. The Bertz CT molecular complexity index is 2300. The zero-order valence-electron chi connectivity index (χ0n) is 36.9. The molecular formula is C49H56N2O13. The van der Waals surface area contributed by atoms with Gasteiger partial charge in [-0.3, -0.25) is 9.78 Å². The summed E-state index contributed by atoms with van der Waals surface area (Å²) >= 11 is 0. The van der Waals surface area contributed by atoms with Crippen molar-refractivity contribution in [2.45, 2.75) is 127 Å². The van der Waals surface area contributed by atoms with Crippen molar-refractivity contribution in [3.63, 3.8) is 0 Å². The van der Waals surface area contributed by atoms with Gasteiger partial charge >= 0.3 is 24.0 Å². The molecule has 3 aromatic rings. The van der Waals surface area contributed by atoms with Gasteiger partial charge in [0.05, 0.1) is 29.9 Å². The van der Waals surface area contributed by atoms with E-state index in [-0.39, 0.29) is 30.9 Å². The topological polar surface area (TPSA) is 198 Å². The number of hydrogen-bond donors (Lipinski definition) is 3. The molecule has 2 saturated carbocycles. The summed E-state index contributed by atoms with van der Waals surface area (Å²) in [6, 6.07) is 20.7. The fourth-order valence-corrected chi connectivity index (χ4v) is 11.1. The average molecular weight is 881 g/mol. The second kappa shape index (κ2) is 16.8. The Hall–Kier alpha value is -5.45. The maximum absolute atomic E-state index is 14.7. The minimum atomic E-state index is -2.48. The SMILES string of the molecule is C=C[C@@H]1O[C@@H]2C3=C(C)[C@@H](OC(=O)[C@](C)(O)[C@@H](NC(=O)OCc4ccccc4)c4ccccn4)C[C@@](O)([C@@H](OC(=O)c4ccccc4)[C@H]4[C@@](C)(CC[C@H]5OC[C@]54OC(C)=O)[C@@H]2O1)C3(C)C. The highest BCUT2D eigenvalue weighted by atomic mass is 16.7. The van der Waals surface area contributed by atoms with Crippen molar-refractivity contribution >= 4 is 24.0 Å². The number of aliphatic hydroxyl groups is 2. The first-order chi connectivity index (χ1) is 30.4. The van der Waals surface area contributed by atoms with Crippen molar-refractivity contribution in [1.82, 2.24) is 10.3 Å². The molecule has 15 heteroatoms. The van der Waals surface area contributed by atoms with Gasteiger partial charge in [-0.25, -0.2) is 14.4 Å². The molecule has 340 valence electrons. The molecule has 3 N–H and O–H groups in total. The van der Waals surface area contributed by atoms with E-state index in [0.717, 1.165) is 5.56 Å². The number of nitrogens with one attached hydrogen (secondary N) is 1. The van der Waals surface area contributed by atoms with Crippen molar-refractivity contribution < 1.29 is 62.5 Å². The number of benzene rings is 2. The van der Waals surface area contributed by atoms with E-state index in [2.05, 4.69) is 16.9 Å². The van der Waals surface area contributed by atoms with Gasteiger partial charge < -0.3 is 48.7 Å². The molecule has 8 rings (SSSR count). The van der Waals surface area contributed by atoms with Gasteiger partial charge in [0.25, 0.3) is 0 Å². The first-order valence-electron chi connectivity index (χ1n) is 21.6. The Morgan fingerprint density at radius 3 is 2.31 bits per heavy atom. The maximum Gasteiger partial charge on any atom is 0.408 e. The van der Waals surface area contributed by atoms with Gasteiger partial charge in [0, 0.05) is 30.4 Å². The monoisotopic (exact) mass is 880 g/mol. The molecule has 0 radical (unpaired) electrons. The summed E-state index contributed by atoms with van der Waals surface area (Å²) in [7, 11) is 0. The summed E-state index contributed by atoms with van der Waals surface area (Å²) in [5.74, 6) is -3.46. The second-order valence-electron chi connectivity index (χ2n) is 18.6. The van der Waals surface area contributed by atoms with Crippen LogP contribution in [-0.2, 0) is 49.4 Å².